The molecule has 9 heteroatoms. The molecule has 0 unspecified atom stereocenters. The molecule has 0 saturated carbocycles. The fourth-order valence-electron chi connectivity index (χ4n) is 3.44. The molecular formula is C21H35N5O4. The Balaban J connectivity index is 1.90. The van der Waals surface area contributed by atoms with Gasteiger partial charge in [-0.1, -0.05) is 0 Å². The van der Waals surface area contributed by atoms with Gasteiger partial charge in [-0.25, -0.2) is 0 Å². The molecule has 9 nitrogen and oxygen atoms in total. The molecule has 1 N–H and O–H groups in total. The minimum absolute atomic E-state index is 0.105. The lowest BCUT2D eigenvalue weighted by atomic mass is 10.1. The normalized spacial score (nSPS) is 15.0. The second kappa shape index (κ2) is 11.5. The molecule has 168 valence electrons. The van der Waals surface area contributed by atoms with Gasteiger partial charge in [0, 0.05) is 66.8 Å². The van der Waals surface area contributed by atoms with Crippen molar-refractivity contribution in [1.29, 1.82) is 0 Å². The van der Waals surface area contributed by atoms with Crippen LogP contribution < -0.4 is 19.5 Å². The maximum atomic E-state index is 11.7. The van der Waals surface area contributed by atoms with Gasteiger partial charge in [0.15, 0.2) is 17.5 Å². The van der Waals surface area contributed by atoms with Crippen LogP contribution in [-0.2, 0) is 11.3 Å². The quantitative estimate of drug-likeness (QED) is 0.493. The Morgan fingerprint density at radius 3 is 2.13 bits per heavy atom. The van der Waals surface area contributed by atoms with E-state index in [9.17, 15) is 4.79 Å². The monoisotopic (exact) mass is 421 g/mol. The molecular weight excluding hydrogens is 386 g/mol. The van der Waals surface area contributed by atoms with Crippen LogP contribution in [0.1, 0.15) is 12.0 Å². The highest BCUT2D eigenvalue weighted by atomic mass is 16.5. The first-order valence-corrected chi connectivity index (χ1v) is 10.1. The van der Waals surface area contributed by atoms with Gasteiger partial charge in [0.1, 0.15) is 0 Å². The number of carbonyl (C=O) groups excluding carboxylic acids is 1. The van der Waals surface area contributed by atoms with Crippen LogP contribution in [0.15, 0.2) is 17.1 Å². The molecule has 0 radical (unpaired) electrons. The smallest absolute Gasteiger partial charge is 0.223 e. The van der Waals surface area contributed by atoms with Crippen molar-refractivity contribution in [2.24, 2.45) is 4.99 Å². The van der Waals surface area contributed by atoms with Crippen molar-refractivity contribution in [3.05, 3.63) is 17.7 Å². The van der Waals surface area contributed by atoms with E-state index in [1.807, 2.05) is 12.1 Å². The highest BCUT2D eigenvalue weighted by Gasteiger charge is 2.21. The van der Waals surface area contributed by atoms with Crippen LogP contribution in [0.4, 0.5) is 0 Å². The van der Waals surface area contributed by atoms with Crippen LogP contribution in [0.25, 0.3) is 0 Å². The van der Waals surface area contributed by atoms with Gasteiger partial charge in [-0.15, -0.1) is 0 Å². The van der Waals surface area contributed by atoms with Gasteiger partial charge in [0.2, 0.25) is 11.7 Å². The van der Waals surface area contributed by atoms with Crippen LogP contribution in [-0.4, -0.2) is 102 Å². The fraction of sp³-hybridized carbons (Fsp3) is 0.619. The highest BCUT2D eigenvalue weighted by molar-refractivity contribution is 5.81. The number of carbonyl (C=O) groups is 1. The van der Waals surface area contributed by atoms with Crippen molar-refractivity contribution in [3.63, 3.8) is 0 Å². The topological polar surface area (TPSA) is 78.9 Å². The second-order valence-corrected chi connectivity index (χ2v) is 7.31. The standard InChI is InChI=1S/C21H35N5O4/c1-22-21(23-8-7-19(27)24(2)3)26-11-9-25(10-12-26)15-16-13-17(28-4)20(30-6)18(14-16)29-5/h13-14H,7-12,15H2,1-6H3,(H,22,23). The number of hydrogen-bond acceptors (Lipinski definition) is 6. The van der Waals surface area contributed by atoms with E-state index in [-0.39, 0.29) is 5.91 Å². The number of benzene rings is 1. The summed E-state index contributed by atoms with van der Waals surface area (Å²) >= 11 is 0. The Morgan fingerprint density at radius 2 is 1.67 bits per heavy atom. The fourth-order valence-corrected chi connectivity index (χ4v) is 3.44. The Hall–Kier alpha value is -2.68. The van der Waals surface area contributed by atoms with Crippen LogP contribution in [0.5, 0.6) is 17.2 Å². The molecule has 0 atom stereocenters. The van der Waals surface area contributed by atoms with Crippen molar-refractivity contribution in [2.45, 2.75) is 13.0 Å². The number of rotatable bonds is 8. The average Bonchev–Trinajstić information content (AvgIpc) is 2.76. The Kier molecular flexibility index (Phi) is 9.04. The minimum Gasteiger partial charge on any atom is -0.493 e. The summed E-state index contributed by atoms with van der Waals surface area (Å²) in [6.07, 6.45) is 0.452. The number of methoxy groups -OCH3 is 3. The van der Waals surface area contributed by atoms with Crippen LogP contribution >= 0.6 is 0 Å². The Bertz CT molecular complexity index is 705. The predicted octanol–water partition coefficient (Wildman–Crippen LogP) is 0.884. The zero-order chi connectivity index (χ0) is 22.1. The molecule has 1 aromatic rings. The van der Waals surface area contributed by atoms with Crippen molar-refractivity contribution in [1.82, 2.24) is 20.0 Å². The minimum atomic E-state index is 0.105. The molecule has 1 aliphatic heterocycles. The Labute approximate surface area is 179 Å². The number of nitrogens with one attached hydrogen (secondary N) is 1. The molecule has 1 amide bonds. The van der Waals surface area contributed by atoms with Crippen molar-refractivity contribution in [2.75, 3.05) is 75.2 Å². The molecule has 1 heterocycles. The molecule has 30 heavy (non-hydrogen) atoms. The zero-order valence-electron chi connectivity index (χ0n) is 19.0. The van der Waals surface area contributed by atoms with Gasteiger partial charge in [-0.2, -0.15) is 0 Å². The molecule has 1 fully saturated rings. The number of aliphatic imine (C=N–C) groups is 1. The molecule has 2 rings (SSSR count). The number of hydrogen-bond donors (Lipinski definition) is 1. The van der Waals surface area contributed by atoms with Gasteiger partial charge in [0.05, 0.1) is 21.3 Å². The molecule has 1 aliphatic rings. The van der Waals surface area contributed by atoms with E-state index in [2.05, 4.69) is 20.1 Å². The second-order valence-electron chi connectivity index (χ2n) is 7.31. The predicted molar refractivity (Wildman–Crippen MR) is 118 cm³/mol. The summed E-state index contributed by atoms with van der Waals surface area (Å²) < 4.78 is 16.3. The number of guanidine groups is 1. The van der Waals surface area contributed by atoms with Crippen molar-refractivity contribution >= 4 is 11.9 Å². The lowest BCUT2D eigenvalue weighted by Crippen LogP contribution is -2.52. The van der Waals surface area contributed by atoms with E-state index in [1.165, 1.54) is 0 Å². The molecule has 0 aliphatic carbocycles. The third-order valence-electron chi connectivity index (χ3n) is 5.14. The van der Waals surface area contributed by atoms with Gasteiger partial charge in [-0.3, -0.25) is 14.7 Å². The first kappa shape index (κ1) is 23.6. The zero-order valence-corrected chi connectivity index (χ0v) is 19.0. The molecule has 1 saturated heterocycles. The van der Waals surface area contributed by atoms with E-state index in [1.54, 1.807) is 47.4 Å². The number of piperazine rings is 1. The SMILES string of the molecule is CN=C(NCCC(=O)N(C)C)N1CCN(Cc2cc(OC)c(OC)c(OC)c2)CC1. The largest absolute Gasteiger partial charge is 0.493 e. The van der Waals surface area contributed by atoms with Gasteiger partial charge in [-0.05, 0) is 17.7 Å². The van der Waals surface area contributed by atoms with Gasteiger partial charge < -0.3 is 29.3 Å². The summed E-state index contributed by atoms with van der Waals surface area (Å²) in [5.74, 6) is 2.89. The van der Waals surface area contributed by atoms with E-state index >= 15 is 0 Å². The van der Waals surface area contributed by atoms with Crippen molar-refractivity contribution in [3.8, 4) is 17.2 Å². The third-order valence-corrected chi connectivity index (χ3v) is 5.14. The molecule has 1 aromatic carbocycles. The maximum absolute atomic E-state index is 11.7. The van der Waals surface area contributed by atoms with Gasteiger partial charge in [0.25, 0.3) is 0 Å². The lowest BCUT2D eigenvalue weighted by molar-refractivity contribution is -0.128. The summed E-state index contributed by atoms with van der Waals surface area (Å²) in [6, 6.07) is 3.99. The first-order chi connectivity index (χ1) is 14.4. The number of ether oxygens (including phenoxy) is 3. The van der Waals surface area contributed by atoms with E-state index < -0.39 is 0 Å². The first-order valence-electron chi connectivity index (χ1n) is 10.1. The van der Waals surface area contributed by atoms with Crippen LogP contribution in [0.2, 0.25) is 0 Å². The van der Waals surface area contributed by atoms with E-state index in [0.29, 0.717) is 30.2 Å². The average molecular weight is 422 g/mol. The summed E-state index contributed by atoms with van der Waals surface area (Å²) in [4.78, 5) is 22.3. The van der Waals surface area contributed by atoms with Crippen molar-refractivity contribution < 1.29 is 19.0 Å². The summed E-state index contributed by atoms with van der Waals surface area (Å²) in [6.45, 7) is 4.93. The lowest BCUT2D eigenvalue weighted by Gasteiger charge is -2.36. The van der Waals surface area contributed by atoms with Crippen LogP contribution in [0, 0.1) is 0 Å². The maximum Gasteiger partial charge on any atom is 0.223 e. The third kappa shape index (κ3) is 6.16. The van der Waals surface area contributed by atoms with Gasteiger partial charge >= 0.3 is 0 Å². The van der Waals surface area contributed by atoms with E-state index in [0.717, 1.165) is 44.2 Å². The summed E-state index contributed by atoms with van der Waals surface area (Å²) in [7, 11) is 10.2. The Morgan fingerprint density at radius 1 is 1.07 bits per heavy atom. The van der Waals surface area contributed by atoms with Crippen LogP contribution in [0.3, 0.4) is 0 Å². The number of amides is 1. The molecule has 0 bridgehead atoms. The summed E-state index contributed by atoms with van der Waals surface area (Å²) in [5, 5.41) is 3.30. The summed E-state index contributed by atoms with van der Waals surface area (Å²) in [5.41, 5.74) is 1.11. The molecule has 0 spiro atoms. The molecule has 0 aromatic heterocycles. The van der Waals surface area contributed by atoms with E-state index in [4.69, 9.17) is 14.2 Å². The highest BCUT2D eigenvalue weighted by Crippen LogP contribution is 2.38. The number of nitrogens with zero attached hydrogens (tertiary/aromatic N) is 4.